The lowest BCUT2D eigenvalue weighted by molar-refractivity contribution is -0.926. The van der Waals surface area contributed by atoms with Crippen LogP contribution < -0.4 is 20.3 Å². The molecule has 0 bridgehead atoms. The van der Waals surface area contributed by atoms with Crippen LogP contribution in [0, 0.1) is 0 Å². The number of ether oxygens (including phenoxy) is 1. The van der Waals surface area contributed by atoms with Crippen molar-refractivity contribution in [3.8, 4) is 11.5 Å². The van der Waals surface area contributed by atoms with Crippen LogP contribution in [0.2, 0.25) is 10.0 Å². The predicted molar refractivity (Wildman–Crippen MR) is 123 cm³/mol. The molecule has 1 amide bonds. The number of nitrogens with two attached hydrogens (primary N) is 1. The van der Waals surface area contributed by atoms with Crippen LogP contribution in [-0.2, 0) is 11.3 Å². The average Bonchev–Trinajstić information content (AvgIpc) is 2.73. The summed E-state index contributed by atoms with van der Waals surface area (Å²) in [6, 6.07) is 11.8. The Morgan fingerprint density at radius 2 is 1.94 bits per heavy atom. The number of anilines is 1. The molecule has 0 radical (unpaired) electrons. The lowest BCUT2D eigenvalue weighted by atomic mass is 10.0. The van der Waals surface area contributed by atoms with Crippen molar-refractivity contribution in [1.29, 1.82) is 0 Å². The van der Waals surface area contributed by atoms with Crippen molar-refractivity contribution >= 4 is 34.8 Å². The van der Waals surface area contributed by atoms with Gasteiger partial charge in [-0.15, -0.1) is 0 Å². The summed E-state index contributed by atoms with van der Waals surface area (Å²) in [6.45, 7) is 6.33. The molecule has 5 N–H and O–H groups in total. The second-order valence-corrected chi connectivity index (χ2v) is 8.94. The van der Waals surface area contributed by atoms with Gasteiger partial charge in [-0.3, -0.25) is 4.79 Å². The number of aromatic hydroxyl groups is 1. The highest BCUT2D eigenvalue weighted by Crippen LogP contribution is 2.35. The van der Waals surface area contributed by atoms with Crippen molar-refractivity contribution in [2.24, 2.45) is 0 Å². The van der Waals surface area contributed by atoms with Gasteiger partial charge in [0.15, 0.2) is 0 Å². The zero-order chi connectivity index (χ0) is 22.2. The number of carbonyl (C=O) groups excluding carboxylic acids is 1. The lowest BCUT2D eigenvalue weighted by Gasteiger charge is -2.28. The van der Waals surface area contributed by atoms with Crippen LogP contribution in [0.15, 0.2) is 36.4 Å². The van der Waals surface area contributed by atoms with Gasteiger partial charge in [0.2, 0.25) is 5.91 Å². The van der Waals surface area contributed by atoms with Crippen molar-refractivity contribution in [3.05, 3.63) is 52.0 Å². The molecule has 1 aliphatic heterocycles. The van der Waals surface area contributed by atoms with E-state index >= 15 is 0 Å². The van der Waals surface area contributed by atoms with Crippen LogP contribution >= 0.6 is 23.2 Å². The number of hydrogen-bond acceptors (Lipinski definition) is 3. The molecular formula is C23H31Cl2N3O3+2. The number of phenolic OH excluding ortho intramolecular Hbond substituents is 1. The highest BCUT2D eigenvalue weighted by Gasteiger charge is 2.24. The first-order chi connectivity index (χ1) is 14.9. The van der Waals surface area contributed by atoms with Crippen molar-refractivity contribution in [2.75, 3.05) is 31.6 Å². The number of piperidine rings is 1. The summed E-state index contributed by atoms with van der Waals surface area (Å²) in [5, 5.41) is 15.9. The zero-order valence-corrected chi connectivity index (χ0v) is 19.3. The Kier molecular flexibility index (Phi) is 8.84. The minimum Gasteiger partial charge on any atom is -0.506 e. The number of halogens is 2. The third-order valence-corrected chi connectivity index (χ3v) is 6.13. The highest BCUT2D eigenvalue weighted by molar-refractivity contribution is 6.32. The molecule has 0 spiro atoms. The summed E-state index contributed by atoms with van der Waals surface area (Å²) in [5.41, 5.74) is 1.81. The van der Waals surface area contributed by atoms with Gasteiger partial charge in [-0.1, -0.05) is 35.3 Å². The standard InChI is InChI=1S/C23H29Cl2N3O3/c1-16(29)27-21-13-20(25)22(30)14-23(21)31-12-2-9-26-19-7-10-28(11-8-19)15-17-3-5-18(24)6-4-17/h3-6,13-14,19,26,30H,2,7-12,15H2,1H3,(H,27,29)/p+2. The Bertz CT molecular complexity index is 869. The fraction of sp³-hybridized carbons (Fsp3) is 0.435. The molecule has 1 fully saturated rings. The lowest BCUT2D eigenvalue weighted by Crippen LogP contribution is -3.13. The van der Waals surface area contributed by atoms with Crippen molar-refractivity contribution in [2.45, 2.75) is 38.8 Å². The molecule has 0 aromatic heterocycles. The van der Waals surface area contributed by atoms with Gasteiger partial charge in [-0.25, -0.2) is 0 Å². The number of quaternary nitrogens is 2. The van der Waals surface area contributed by atoms with E-state index in [1.165, 1.54) is 50.6 Å². The summed E-state index contributed by atoms with van der Waals surface area (Å²) in [5.74, 6) is 0.144. The third kappa shape index (κ3) is 7.58. The second-order valence-electron chi connectivity index (χ2n) is 8.10. The average molecular weight is 468 g/mol. The van der Waals surface area contributed by atoms with E-state index in [4.69, 9.17) is 27.9 Å². The van der Waals surface area contributed by atoms with E-state index in [1.54, 1.807) is 4.90 Å². The van der Waals surface area contributed by atoms with E-state index in [0.717, 1.165) is 24.5 Å². The maximum Gasteiger partial charge on any atom is 0.221 e. The van der Waals surface area contributed by atoms with Crippen LogP contribution in [0.4, 0.5) is 5.69 Å². The molecule has 6 nitrogen and oxygen atoms in total. The molecule has 1 heterocycles. The molecule has 2 aromatic rings. The number of carbonyl (C=O) groups is 1. The molecule has 1 saturated heterocycles. The van der Waals surface area contributed by atoms with Crippen LogP contribution in [0.3, 0.4) is 0 Å². The number of hydrogen-bond donors (Lipinski definition) is 4. The highest BCUT2D eigenvalue weighted by atomic mass is 35.5. The fourth-order valence-corrected chi connectivity index (χ4v) is 4.21. The second kappa shape index (κ2) is 11.6. The molecular weight excluding hydrogens is 437 g/mol. The van der Waals surface area contributed by atoms with Gasteiger partial charge in [0.05, 0.1) is 43.0 Å². The Morgan fingerprint density at radius 1 is 1.23 bits per heavy atom. The number of benzene rings is 2. The van der Waals surface area contributed by atoms with Crippen molar-refractivity contribution < 1.29 is 24.9 Å². The predicted octanol–water partition coefficient (Wildman–Crippen LogP) is 2.24. The van der Waals surface area contributed by atoms with Crippen molar-refractivity contribution in [3.63, 3.8) is 0 Å². The van der Waals surface area contributed by atoms with Crippen molar-refractivity contribution in [1.82, 2.24) is 0 Å². The molecule has 0 aliphatic carbocycles. The maximum atomic E-state index is 11.4. The summed E-state index contributed by atoms with van der Waals surface area (Å²) in [4.78, 5) is 13.0. The molecule has 8 heteroatoms. The Labute approximate surface area is 193 Å². The van der Waals surface area contributed by atoms with Crippen LogP contribution in [0.5, 0.6) is 11.5 Å². The molecule has 2 aromatic carbocycles. The summed E-state index contributed by atoms with van der Waals surface area (Å²) in [6.07, 6.45) is 3.30. The number of likely N-dealkylation sites (tertiary alicyclic amines) is 1. The van der Waals surface area contributed by atoms with Gasteiger partial charge >= 0.3 is 0 Å². The SMILES string of the molecule is CC(=O)Nc1cc(Cl)c(O)cc1OCCC[NH2+]C1CC[NH+](Cc2ccc(Cl)cc2)CC1. The Morgan fingerprint density at radius 3 is 2.61 bits per heavy atom. The largest absolute Gasteiger partial charge is 0.506 e. The molecule has 0 saturated carbocycles. The zero-order valence-electron chi connectivity index (χ0n) is 17.8. The topological polar surface area (TPSA) is 79.6 Å². The summed E-state index contributed by atoms with van der Waals surface area (Å²) in [7, 11) is 0. The molecule has 0 unspecified atom stereocenters. The van der Waals surface area contributed by atoms with E-state index < -0.39 is 0 Å². The number of nitrogens with one attached hydrogen (secondary N) is 2. The first kappa shape index (κ1) is 23.7. The van der Waals surface area contributed by atoms with Gasteiger partial charge in [-0.05, 0) is 18.2 Å². The molecule has 31 heavy (non-hydrogen) atoms. The van der Waals surface area contributed by atoms with E-state index in [-0.39, 0.29) is 16.7 Å². The number of rotatable bonds is 9. The van der Waals surface area contributed by atoms with Gasteiger partial charge < -0.3 is 25.4 Å². The maximum absolute atomic E-state index is 11.4. The molecule has 3 rings (SSSR count). The Hall–Kier alpha value is -1.99. The van der Waals surface area contributed by atoms with Gasteiger partial charge in [-0.2, -0.15) is 0 Å². The Balaban J connectivity index is 1.35. The number of amides is 1. The van der Waals surface area contributed by atoms with Crippen LogP contribution in [-0.4, -0.2) is 43.3 Å². The van der Waals surface area contributed by atoms with Crippen LogP contribution in [0.25, 0.3) is 0 Å². The van der Waals surface area contributed by atoms with Gasteiger partial charge in [0, 0.05) is 42.8 Å². The van der Waals surface area contributed by atoms with E-state index in [2.05, 4.69) is 22.8 Å². The third-order valence-electron chi connectivity index (χ3n) is 5.57. The molecule has 168 valence electrons. The van der Waals surface area contributed by atoms with E-state index in [1.807, 2.05) is 12.1 Å². The normalized spacial score (nSPS) is 18.5. The monoisotopic (exact) mass is 467 g/mol. The first-order valence-electron chi connectivity index (χ1n) is 10.7. The summed E-state index contributed by atoms with van der Waals surface area (Å²) < 4.78 is 5.79. The first-order valence-corrected chi connectivity index (χ1v) is 11.5. The van der Waals surface area contributed by atoms with E-state index in [0.29, 0.717) is 24.1 Å². The minimum atomic E-state index is -0.218. The van der Waals surface area contributed by atoms with Gasteiger partial charge in [0.25, 0.3) is 0 Å². The molecule has 0 atom stereocenters. The van der Waals surface area contributed by atoms with Gasteiger partial charge in [0.1, 0.15) is 18.0 Å². The summed E-state index contributed by atoms with van der Waals surface area (Å²) >= 11 is 11.9. The minimum absolute atomic E-state index is 0.0646. The van der Waals surface area contributed by atoms with Crippen LogP contribution in [0.1, 0.15) is 31.7 Å². The molecule has 1 aliphatic rings. The van der Waals surface area contributed by atoms with E-state index in [9.17, 15) is 9.90 Å². The fourth-order valence-electron chi connectivity index (χ4n) is 3.92. The number of phenols is 1. The quantitative estimate of drug-likeness (QED) is 0.337. The smallest absolute Gasteiger partial charge is 0.221 e.